The van der Waals surface area contributed by atoms with Crippen LogP contribution in [0, 0.1) is 5.82 Å². The summed E-state index contributed by atoms with van der Waals surface area (Å²) in [6.07, 6.45) is 1.47. The molecule has 0 N–H and O–H groups in total. The molecule has 0 aliphatic carbocycles. The average molecular weight is 364 g/mol. The molecule has 0 fully saturated rings. The third kappa shape index (κ3) is 5.05. The van der Waals surface area contributed by atoms with Crippen LogP contribution in [0.15, 0.2) is 42.5 Å². The molecule has 2 aromatic rings. The van der Waals surface area contributed by atoms with E-state index in [9.17, 15) is 12.8 Å². The van der Waals surface area contributed by atoms with Gasteiger partial charge in [-0.15, -0.1) is 0 Å². The van der Waals surface area contributed by atoms with Crippen molar-refractivity contribution < 1.29 is 17.5 Å². The Labute approximate surface area is 149 Å². The fourth-order valence-electron chi connectivity index (χ4n) is 2.39. The first kappa shape index (κ1) is 19.4. The predicted molar refractivity (Wildman–Crippen MR) is 99.2 cm³/mol. The maximum Gasteiger partial charge on any atom is 0.165 e. The molecule has 0 saturated carbocycles. The summed E-state index contributed by atoms with van der Waals surface area (Å²) in [5.74, 6) is -0.0728. The van der Waals surface area contributed by atoms with Gasteiger partial charge in [0.25, 0.3) is 0 Å². The van der Waals surface area contributed by atoms with E-state index < -0.39 is 14.6 Å². The normalized spacial score (nSPS) is 12.2. The molecule has 2 aromatic carbocycles. The Hall–Kier alpha value is -1.88. The van der Waals surface area contributed by atoms with E-state index in [1.54, 1.807) is 26.8 Å². The molecule has 0 aliphatic rings. The molecule has 0 bridgehead atoms. The van der Waals surface area contributed by atoms with Gasteiger partial charge in [0.15, 0.2) is 21.4 Å². The SMILES string of the molecule is COc1ccc(CCc2ccc(CS(=O)(=O)C(C)(C)C)cc2)cc1F. The molecule has 0 aromatic heterocycles. The highest BCUT2D eigenvalue weighted by atomic mass is 32.2. The number of hydrogen-bond donors (Lipinski definition) is 0. The molecule has 2 rings (SSSR count). The van der Waals surface area contributed by atoms with Crippen molar-refractivity contribution in [3.05, 3.63) is 65.0 Å². The van der Waals surface area contributed by atoms with Gasteiger partial charge < -0.3 is 4.74 Å². The van der Waals surface area contributed by atoms with Crippen LogP contribution in [0.2, 0.25) is 0 Å². The largest absolute Gasteiger partial charge is 0.494 e. The lowest BCUT2D eigenvalue weighted by molar-refractivity contribution is 0.386. The van der Waals surface area contributed by atoms with E-state index in [4.69, 9.17) is 4.74 Å². The van der Waals surface area contributed by atoms with Gasteiger partial charge in [-0.25, -0.2) is 12.8 Å². The summed E-state index contributed by atoms with van der Waals surface area (Å²) in [5, 5.41) is 0. The van der Waals surface area contributed by atoms with Crippen molar-refractivity contribution in [2.75, 3.05) is 7.11 Å². The zero-order chi connectivity index (χ0) is 18.7. The fourth-order valence-corrected chi connectivity index (χ4v) is 3.46. The van der Waals surface area contributed by atoms with Crippen molar-refractivity contribution in [2.24, 2.45) is 0 Å². The summed E-state index contributed by atoms with van der Waals surface area (Å²) < 4.78 is 42.4. The Morgan fingerprint density at radius 1 is 0.920 bits per heavy atom. The molecule has 0 aliphatic heterocycles. The van der Waals surface area contributed by atoms with Crippen molar-refractivity contribution in [1.29, 1.82) is 0 Å². The molecule has 136 valence electrons. The second kappa shape index (κ2) is 7.56. The molecule has 5 heteroatoms. The molecule has 25 heavy (non-hydrogen) atoms. The number of ether oxygens (including phenoxy) is 1. The van der Waals surface area contributed by atoms with Crippen LogP contribution in [0.5, 0.6) is 5.75 Å². The Balaban J connectivity index is 2.00. The van der Waals surface area contributed by atoms with Crippen LogP contribution < -0.4 is 4.74 Å². The molecule has 0 spiro atoms. The van der Waals surface area contributed by atoms with Crippen LogP contribution in [0.3, 0.4) is 0 Å². The molecule has 0 atom stereocenters. The summed E-state index contributed by atoms with van der Waals surface area (Å²) in [7, 11) is -1.74. The molecule has 0 radical (unpaired) electrons. The van der Waals surface area contributed by atoms with Gasteiger partial charge >= 0.3 is 0 Å². The second-order valence-electron chi connectivity index (χ2n) is 7.16. The van der Waals surface area contributed by atoms with E-state index >= 15 is 0 Å². The molecule has 0 heterocycles. The minimum atomic E-state index is -3.18. The zero-order valence-corrected chi connectivity index (χ0v) is 16.0. The standard InChI is InChI=1S/C20H25FO3S/c1-20(2,3)25(22,23)14-17-9-6-15(7-10-17)5-8-16-11-12-19(24-4)18(21)13-16/h6-7,9-13H,5,8,14H2,1-4H3. The van der Waals surface area contributed by atoms with Crippen LogP contribution in [0.4, 0.5) is 4.39 Å². The summed E-state index contributed by atoms with van der Waals surface area (Å²) in [6.45, 7) is 5.14. The summed E-state index contributed by atoms with van der Waals surface area (Å²) in [4.78, 5) is 0. The molecular weight excluding hydrogens is 339 g/mol. The van der Waals surface area contributed by atoms with Gasteiger partial charge in [-0.05, 0) is 62.4 Å². The van der Waals surface area contributed by atoms with Crippen LogP contribution in [0.25, 0.3) is 0 Å². The Morgan fingerprint density at radius 2 is 1.44 bits per heavy atom. The summed E-state index contributed by atoms with van der Waals surface area (Å²) in [6, 6.07) is 12.6. The first-order valence-electron chi connectivity index (χ1n) is 8.25. The van der Waals surface area contributed by atoms with Gasteiger partial charge in [-0.2, -0.15) is 0 Å². The van der Waals surface area contributed by atoms with E-state index in [0.29, 0.717) is 6.42 Å². The van der Waals surface area contributed by atoms with Crippen molar-refractivity contribution in [3.63, 3.8) is 0 Å². The Bertz CT molecular complexity index is 819. The number of rotatable bonds is 6. The van der Waals surface area contributed by atoms with Crippen LogP contribution >= 0.6 is 0 Å². The van der Waals surface area contributed by atoms with Crippen molar-refractivity contribution in [2.45, 2.75) is 44.1 Å². The van der Waals surface area contributed by atoms with Gasteiger partial charge in [0, 0.05) is 0 Å². The lowest BCUT2D eigenvalue weighted by Gasteiger charge is -2.19. The maximum absolute atomic E-state index is 13.7. The van der Waals surface area contributed by atoms with Crippen molar-refractivity contribution in [1.82, 2.24) is 0 Å². The lowest BCUT2D eigenvalue weighted by atomic mass is 10.0. The molecule has 3 nitrogen and oxygen atoms in total. The fraction of sp³-hybridized carbons (Fsp3) is 0.400. The minimum Gasteiger partial charge on any atom is -0.494 e. The Morgan fingerprint density at radius 3 is 1.96 bits per heavy atom. The number of halogens is 1. The monoisotopic (exact) mass is 364 g/mol. The number of benzene rings is 2. The molecule has 0 unspecified atom stereocenters. The number of hydrogen-bond acceptors (Lipinski definition) is 3. The van der Waals surface area contributed by atoms with E-state index in [-0.39, 0.29) is 17.3 Å². The highest BCUT2D eigenvalue weighted by Gasteiger charge is 2.28. The molecule has 0 saturated heterocycles. The van der Waals surface area contributed by atoms with Gasteiger partial charge in [0.05, 0.1) is 17.6 Å². The van der Waals surface area contributed by atoms with Crippen molar-refractivity contribution in [3.8, 4) is 5.75 Å². The first-order chi connectivity index (χ1) is 11.6. The van der Waals surface area contributed by atoms with Crippen molar-refractivity contribution >= 4 is 9.84 Å². The maximum atomic E-state index is 13.7. The number of aryl methyl sites for hydroxylation is 2. The predicted octanol–water partition coefficient (Wildman–Crippen LogP) is 4.33. The van der Waals surface area contributed by atoms with Gasteiger partial charge in [0.2, 0.25) is 0 Å². The highest BCUT2D eigenvalue weighted by molar-refractivity contribution is 7.91. The number of sulfone groups is 1. The van der Waals surface area contributed by atoms with E-state index in [0.717, 1.165) is 23.1 Å². The Kier molecular flexibility index (Phi) is 5.88. The second-order valence-corrected chi connectivity index (χ2v) is 9.90. The summed E-state index contributed by atoms with van der Waals surface area (Å²) >= 11 is 0. The molecular formula is C20H25FO3S. The summed E-state index contributed by atoms with van der Waals surface area (Å²) in [5.41, 5.74) is 2.78. The quantitative estimate of drug-likeness (QED) is 0.766. The van der Waals surface area contributed by atoms with Crippen LogP contribution in [0.1, 0.15) is 37.5 Å². The molecule has 0 amide bonds. The van der Waals surface area contributed by atoms with Gasteiger partial charge in [0.1, 0.15) is 0 Å². The smallest absolute Gasteiger partial charge is 0.165 e. The highest BCUT2D eigenvalue weighted by Crippen LogP contribution is 2.22. The topological polar surface area (TPSA) is 43.4 Å². The van der Waals surface area contributed by atoms with Crippen LogP contribution in [-0.2, 0) is 28.4 Å². The zero-order valence-electron chi connectivity index (χ0n) is 15.2. The van der Waals surface area contributed by atoms with Crippen LogP contribution in [-0.4, -0.2) is 20.3 Å². The third-order valence-corrected chi connectivity index (χ3v) is 6.81. The van der Waals surface area contributed by atoms with E-state index in [1.807, 2.05) is 30.3 Å². The first-order valence-corrected chi connectivity index (χ1v) is 9.90. The average Bonchev–Trinajstić information content (AvgIpc) is 2.53. The minimum absolute atomic E-state index is 0.0421. The van der Waals surface area contributed by atoms with E-state index in [2.05, 4.69) is 0 Å². The van der Waals surface area contributed by atoms with Gasteiger partial charge in [-0.1, -0.05) is 30.3 Å². The number of methoxy groups -OCH3 is 1. The van der Waals surface area contributed by atoms with Gasteiger partial charge in [-0.3, -0.25) is 0 Å². The third-order valence-electron chi connectivity index (χ3n) is 4.23. The lowest BCUT2D eigenvalue weighted by Crippen LogP contribution is -2.29. The van der Waals surface area contributed by atoms with E-state index in [1.165, 1.54) is 13.2 Å².